The van der Waals surface area contributed by atoms with Crippen molar-refractivity contribution in [2.75, 3.05) is 17.6 Å². The quantitative estimate of drug-likeness (QED) is 0.216. The second-order valence-corrected chi connectivity index (χ2v) is 12.6. The summed E-state index contributed by atoms with van der Waals surface area (Å²) in [6.07, 6.45) is 1.20. The van der Waals surface area contributed by atoms with Crippen molar-refractivity contribution in [3.05, 3.63) is 30.5 Å². The molecule has 1 saturated carbocycles. The van der Waals surface area contributed by atoms with Gasteiger partial charge >= 0.3 is 18.4 Å². The van der Waals surface area contributed by atoms with E-state index in [2.05, 4.69) is 22.0 Å². The molecule has 7 nitrogen and oxygen atoms in total. The van der Waals surface area contributed by atoms with Crippen LogP contribution in [0, 0.1) is 5.92 Å². The molecule has 1 aromatic heterocycles. The smallest absolute Gasteiger partial charge is 0.480 e. The first-order chi connectivity index (χ1) is 17.5. The van der Waals surface area contributed by atoms with E-state index in [1.54, 1.807) is 30.2 Å². The third-order valence-electron chi connectivity index (χ3n) is 5.90. The summed E-state index contributed by atoms with van der Waals surface area (Å²) in [5.74, 6) is -0.0368. The largest absolute Gasteiger partial charge is 0.573 e. The number of hydrogen-bond donors (Lipinski definition) is 2. The van der Waals surface area contributed by atoms with Gasteiger partial charge in [0.2, 0.25) is 0 Å². The van der Waals surface area contributed by atoms with Crippen LogP contribution in [0.5, 0.6) is 5.75 Å². The number of halogens is 3. The number of carboxylic acid groups (broad SMARTS) is 1. The zero-order valence-corrected chi connectivity index (χ0v) is 22.9. The van der Waals surface area contributed by atoms with Crippen LogP contribution < -0.4 is 10.1 Å². The molecule has 1 aromatic carbocycles. The van der Waals surface area contributed by atoms with E-state index in [9.17, 15) is 22.8 Å². The molecule has 0 radical (unpaired) electrons. The standard InChI is InChI=1S/C24H30F3N3O4S3/c1-15-8-10-17(11-9-15)30(23(33)29-22-28-14-20(37-22)36-16(2)21(31)32)12-5-13-35-19-7-4-3-6-18(19)34-24(25,26)27/h3-4,6-7,14-17H,5,8-13H2,1-2H3,(H,31,32)(H,28,29,33). The number of hydrogen-bond acceptors (Lipinski definition) is 7. The lowest BCUT2D eigenvalue weighted by molar-refractivity contribution is -0.275. The number of anilines is 1. The van der Waals surface area contributed by atoms with E-state index < -0.39 is 17.6 Å². The third-order valence-corrected chi connectivity index (χ3v) is 9.18. The van der Waals surface area contributed by atoms with E-state index in [4.69, 9.17) is 5.11 Å². The number of carboxylic acids is 1. The van der Waals surface area contributed by atoms with Gasteiger partial charge in [-0.15, -0.1) is 24.9 Å². The highest BCUT2D eigenvalue weighted by molar-refractivity contribution is 8.02. The molecule has 13 heteroatoms. The van der Waals surface area contributed by atoms with Gasteiger partial charge in [-0.2, -0.15) is 0 Å². The molecule has 3 rings (SSSR count). The van der Waals surface area contributed by atoms with Crippen LogP contribution in [0.4, 0.5) is 23.1 Å². The fourth-order valence-electron chi connectivity index (χ4n) is 3.96. The summed E-state index contributed by atoms with van der Waals surface area (Å²) in [6.45, 7) is 4.23. The molecule has 2 N–H and O–H groups in total. The van der Waals surface area contributed by atoms with Crippen LogP contribution in [0.25, 0.3) is 0 Å². The van der Waals surface area contributed by atoms with Crippen molar-refractivity contribution in [3.8, 4) is 5.75 Å². The summed E-state index contributed by atoms with van der Waals surface area (Å²) in [6, 6.07) is 5.82. The van der Waals surface area contributed by atoms with Gasteiger partial charge in [-0.05, 0) is 62.8 Å². The van der Waals surface area contributed by atoms with E-state index >= 15 is 0 Å². The minimum absolute atomic E-state index is 0.0721. The molecular formula is C24H30F3N3O4S3. The molecule has 1 atom stereocenters. The first-order valence-corrected chi connectivity index (χ1v) is 14.6. The topological polar surface area (TPSA) is 91.8 Å². The van der Waals surface area contributed by atoms with Gasteiger partial charge in [0.15, 0.2) is 5.13 Å². The molecule has 1 fully saturated rings. The second-order valence-electron chi connectivity index (χ2n) is 8.82. The molecule has 1 aliphatic carbocycles. The summed E-state index contributed by atoms with van der Waals surface area (Å²) in [5.41, 5.74) is 0. The Morgan fingerprint density at radius 2 is 1.97 bits per heavy atom. The number of alkyl halides is 3. The van der Waals surface area contributed by atoms with Crippen molar-refractivity contribution in [1.29, 1.82) is 0 Å². The van der Waals surface area contributed by atoms with Crippen molar-refractivity contribution >= 4 is 52.0 Å². The van der Waals surface area contributed by atoms with Gasteiger partial charge in [0, 0.05) is 17.5 Å². The van der Waals surface area contributed by atoms with Crippen molar-refractivity contribution in [3.63, 3.8) is 0 Å². The molecule has 0 saturated heterocycles. The van der Waals surface area contributed by atoms with Crippen LogP contribution in [0.2, 0.25) is 0 Å². The third kappa shape index (κ3) is 9.60. The average Bonchev–Trinajstić information content (AvgIpc) is 3.26. The number of nitrogens with one attached hydrogen (secondary N) is 1. The molecule has 1 unspecified atom stereocenters. The van der Waals surface area contributed by atoms with Gasteiger partial charge < -0.3 is 14.7 Å². The first kappa shape index (κ1) is 29.4. The number of thioether (sulfide) groups is 2. The summed E-state index contributed by atoms with van der Waals surface area (Å²) in [4.78, 5) is 30.8. The Bertz CT molecular complexity index is 1050. The molecule has 2 aromatic rings. The van der Waals surface area contributed by atoms with Gasteiger partial charge in [-0.25, -0.2) is 9.78 Å². The molecule has 0 bridgehead atoms. The first-order valence-electron chi connectivity index (χ1n) is 11.9. The fourth-order valence-corrected chi connectivity index (χ4v) is 6.84. The SMILES string of the molecule is CC1CCC(N(CCCSc2ccccc2OC(F)(F)F)C(=O)Nc2ncc(SC(C)C(=O)O)s2)CC1. The Labute approximate surface area is 226 Å². The minimum atomic E-state index is -4.76. The van der Waals surface area contributed by atoms with E-state index in [0.29, 0.717) is 38.9 Å². The number of amides is 2. The zero-order valence-electron chi connectivity index (χ0n) is 20.5. The van der Waals surface area contributed by atoms with Gasteiger partial charge in [0.05, 0.1) is 10.4 Å². The highest BCUT2D eigenvalue weighted by atomic mass is 32.2. The lowest BCUT2D eigenvalue weighted by atomic mass is 9.86. The Morgan fingerprint density at radius 1 is 1.27 bits per heavy atom. The van der Waals surface area contributed by atoms with Gasteiger partial charge in [0.25, 0.3) is 0 Å². The van der Waals surface area contributed by atoms with Crippen LogP contribution in [-0.2, 0) is 4.79 Å². The molecule has 1 heterocycles. The lowest BCUT2D eigenvalue weighted by Crippen LogP contribution is -2.45. The molecule has 0 aliphatic heterocycles. The monoisotopic (exact) mass is 577 g/mol. The lowest BCUT2D eigenvalue weighted by Gasteiger charge is -2.36. The van der Waals surface area contributed by atoms with Crippen LogP contribution >= 0.6 is 34.9 Å². The molecule has 37 heavy (non-hydrogen) atoms. The number of carbonyl (C=O) groups is 2. The number of aromatic nitrogens is 1. The highest BCUT2D eigenvalue weighted by Crippen LogP contribution is 2.35. The highest BCUT2D eigenvalue weighted by Gasteiger charge is 2.32. The van der Waals surface area contributed by atoms with Gasteiger partial charge in [-0.1, -0.05) is 42.2 Å². The van der Waals surface area contributed by atoms with Crippen molar-refractivity contribution < 1.29 is 32.6 Å². The van der Waals surface area contributed by atoms with Gasteiger partial charge in [-0.3, -0.25) is 10.1 Å². The summed E-state index contributed by atoms with van der Waals surface area (Å²) >= 11 is 3.65. The number of thiazole rings is 1. The van der Waals surface area contributed by atoms with Crippen LogP contribution in [-0.4, -0.2) is 56.9 Å². The molecular weight excluding hydrogens is 547 g/mol. The van der Waals surface area contributed by atoms with E-state index in [1.807, 2.05) is 0 Å². The number of urea groups is 1. The minimum Gasteiger partial charge on any atom is -0.480 e. The van der Waals surface area contributed by atoms with E-state index in [1.165, 1.54) is 35.2 Å². The van der Waals surface area contributed by atoms with E-state index in [0.717, 1.165) is 37.4 Å². The van der Waals surface area contributed by atoms with Crippen LogP contribution in [0.3, 0.4) is 0 Å². The van der Waals surface area contributed by atoms with Crippen LogP contribution in [0.1, 0.15) is 46.0 Å². The predicted octanol–water partition coefficient (Wildman–Crippen LogP) is 7.20. The zero-order chi connectivity index (χ0) is 27.0. The maximum atomic E-state index is 13.2. The maximum Gasteiger partial charge on any atom is 0.573 e. The van der Waals surface area contributed by atoms with Gasteiger partial charge in [0.1, 0.15) is 11.0 Å². The maximum absolute atomic E-state index is 13.2. The average molecular weight is 578 g/mol. The number of nitrogens with zero attached hydrogens (tertiary/aromatic N) is 2. The number of rotatable bonds is 11. The number of aliphatic carboxylic acids is 1. The Hall–Kier alpha value is -2.12. The number of para-hydroxylation sites is 1. The fraction of sp³-hybridized carbons (Fsp3) is 0.542. The Morgan fingerprint density at radius 3 is 2.65 bits per heavy atom. The Balaban J connectivity index is 1.60. The second kappa shape index (κ2) is 13.6. The predicted molar refractivity (Wildman–Crippen MR) is 141 cm³/mol. The normalized spacial score (nSPS) is 18.7. The van der Waals surface area contributed by atoms with Crippen molar-refractivity contribution in [1.82, 2.24) is 9.88 Å². The van der Waals surface area contributed by atoms with Crippen molar-refractivity contribution in [2.24, 2.45) is 5.92 Å². The summed E-state index contributed by atoms with van der Waals surface area (Å²) in [7, 11) is 0. The molecule has 204 valence electrons. The summed E-state index contributed by atoms with van der Waals surface area (Å²) < 4.78 is 42.9. The van der Waals surface area contributed by atoms with Crippen LogP contribution in [0.15, 0.2) is 39.6 Å². The molecule has 2 amide bonds. The van der Waals surface area contributed by atoms with Crippen molar-refractivity contribution in [2.45, 2.75) is 72.7 Å². The Kier molecular flexibility index (Phi) is 10.8. The molecule has 1 aliphatic rings. The summed E-state index contributed by atoms with van der Waals surface area (Å²) in [5, 5.41) is 11.7. The number of benzene rings is 1. The number of carbonyl (C=O) groups excluding carboxylic acids is 1. The number of ether oxygens (including phenoxy) is 1. The van der Waals surface area contributed by atoms with E-state index in [-0.39, 0.29) is 17.8 Å². The molecule has 0 spiro atoms.